The van der Waals surface area contributed by atoms with Crippen molar-refractivity contribution in [2.45, 2.75) is 13.0 Å². The minimum Gasteiger partial charge on any atom is -0.482 e. The SMILES string of the molecule is CNC(c1ccc2c(c1)NC(=O)CO2)c1cc(C)c(Br)s1. The quantitative estimate of drug-likeness (QED) is 0.874. The molecule has 1 atom stereocenters. The lowest BCUT2D eigenvalue weighted by Crippen LogP contribution is -2.26. The van der Waals surface area contributed by atoms with Crippen molar-refractivity contribution in [3.63, 3.8) is 0 Å². The third kappa shape index (κ3) is 2.84. The summed E-state index contributed by atoms with van der Waals surface area (Å²) in [5.41, 5.74) is 3.05. The van der Waals surface area contributed by atoms with Crippen LogP contribution in [0.25, 0.3) is 0 Å². The van der Waals surface area contributed by atoms with E-state index in [1.165, 1.54) is 10.4 Å². The zero-order valence-electron chi connectivity index (χ0n) is 11.7. The van der Waals surface area contributed by atoms with E-state index < -0.39 is 0 Å². The van der Waals surface area contributed by atoms with E-state index in [0.717, 1.165) is 20.8 Å². The second kappa shape index (κ2) is 5.79. The van der Waals surface area contributed by atoms with E-state index in [1.807, 2.05) is 25.2 Å². The molecule has 1 aromatic carbocycles. The summed E-state index contributed by atoms with van der Waals surface area (Å²) in [7, 11) is 1.93. The molecule has 1 aromatic heterocycles. The van der Waals surface area contributed by atoms with Crippen molar-refractivity contribution in [1.82, 2.24) is 5.32 Å². The number of fused-ring (bicyclic) bond motifs is 1. The van der Waals surface area contributed by atoms with Crippen LogP contribution in [-0.4, -0.2) is 19.6 Å². The Kier molecular flexibility index (Phi) is 4.01. The van der Waals surface area contributed by atoms with E-state index in [4.69, 9.17) is 4.74 Å². The molecule has 1 unspecified atom stereocenters. The van der Waals surface area contributed by atoms with Crippen LogP contribution in [0.2, 0.25) is 0 Å². The zero-order chi connectivity index (χ0) is 15.0. The third-order valence-corrected chi connectivity index (χ3v) is 5.62. The van der Waals surface area contributed by atoms with Crippen LogP contribution in [0.5, 0.6) is 5.75 Å². The van der Waals surface area contributed by atoms with Crippen molar-refractivity contribution in [3.8, 4) is 5.75 Å². The van der Waals surface area contributed by atoms with Gasteiger partial charge >= 0.3 is 0 Å². The average Bonchev–Trinajstić information content (AvgIpc) is 2.78. The van der Waals surface area contributed by atoms with Gasteiger partial charge in [-0.1, -0.05) is 6.07 Å². The van der Waals surface area contributed by atoms with Gasteiger partial charge in [-0.05, 0) is 59.2 Å². The molecule has 0 saturated heterocycles. The van der Waals surface area contributed by atoms with Gasteiger partial charge in [0.1, 0.15) is 5.75 Å². The smallest absolute Gasteiger partial charge is 0.262 e. The lowest BCUT2D eigenvalue weighted by atomic mass is 10.0. The molecule has 21 heavy (non-hydrogen) atoms. The molecule has 0 aliphatic carbocycles. The lowest BCUT2D eigenvalue weighted by Gasteiger charge is -2.21. The Morgan fingerprint density at radius 1 is 1.43 bits per heavy atom. The van der Waals surface area contributed by atoms with Gasteiger partial charge < -0.3 is 15.4 Å². The van der Waals surface area contributed by atoms with Gasteiger partial charge in [-0.25, -0.2) is 0 Å². The number of amides is 1. The second-order valence-electron chi connectivity index (χ2n) is 4.92. The predicted octanol–water partition coefficient (Wildman–Crippen LogP) is 3.46. The first-order valence-electron chi connectivity index (χ1n) is 6.58. The first kappa shape index (κ1) is 14.6. The lowest BCUT2D eigenvalue weighted by molar-refractivity contribution is -0.118. The number of ether oxygens (including phenoxy) is 1. The molecule has 0 bridgehead atoms. The van der Waals surface area contributed by atoms with Crippen LogP contribution in [0.4, 0.5) is 5.69 Å². The van der Waals surface area contributed by atoms with Gasteiger partial charge in [0.2, 0.25) is 0 Å². The number of carbonyl (C=O) groups excluding carboxylic acids is 1. The predicted molar refractivity (Wildman–Crippen MR) is 88.2 cm³/mol. The Bertz CT molecular complexity index is 679. The Morgan fingerprint density at radius 3 is 2.90 bits per heavy atom. The molecule has 1 amide bonds. The molecule has 0 spiro atoms. The minimum atomic E-state index is -0.115. The van der Waals surface area contributed by atoms with Crippen molar-refractivity contribution >= 4 is 38.9 Å². The van der Waals surface area contributed by atoms with Crippen molar-refractivity contribution < 1.29 is 9.53 Å². The Labute approximate surface area is 135 Å². The topological polar surface area (TPSA) is 50.4 Å². The molecular formula is C15H15BrN2O2S. The fourth-order valence-corrected chi connectivity index (χ4v) is 4.09. The summed E-state index contributed by atoms with van der Waals surface area (Å²) in [6.45, 7) is 2.16. The summed E-state index contributed by atoms with van der Waals surface area (Å²) < 4.78 is 6.54. The number of thiophene rings is 1. The summed E-state index contributed by atoms with van der Waals surface area (Å²) in [5, 5.41) is 6.18. The van der Waals surface area contributed by atoms with E-state index in [0.29, 0.717) is 0 Å². The first-order valence-corrected chi connectivity index (χ1v) is 8.19. The molecule has 110 valence electrons. The summed E-state index contributed by atoms with van der Waals surface area (Å²) in [6, 6.07) is 8.16. The van der Waals surface area contributed by atoms with E-state index in [1.54, 1.807) is 11.3 Å². The highest BCUT2D eigenvalue weighted by molar-refractivity contribution is 9.11. The van der Waals surface area contributed by atoms with Gasteiger partial charge in [0.05, 0.1) is 15.5 Å². The molecule has 3 rings (SSSR count). The van der Waals surface area contributed by atoms with Gasteiger partial charge in [-0.3, -0.25) is 4.79 Å². The van der Waals surface area contributed by atoms with Crippen molar-refractivity contribution in [2.24, 2.45) is 0 Å². The largest absolute Gasteiger partial charge is 0.482 e. The number of carbonyl (C=O) groups is 1. The van der Waals surface area contributed by atoms with Gasteiger partial charge in [0.15, 0.2) is 6.61 Å². The van der Waals surface area contributed by atoms with E-state index in [9.17, 15) is 4.79 Å². The fourth-order valence-electron chi connectivity index (χ4n) is 2.38. The number of hydrogen-bond acceptors (Lipinski definition) is 4. The maximum atomic E-state index is 11.4. The molecule has 2 heterocycles. The molecular weight excluding hydrogens is 352 g/mol. The van der Waals surface area contributed by atoms with Gasteiger partial charge in [0, 0.05) is 4.88 Å². The van der Waals surface area contributed by atoms with E-state index >= 15 is 0 Å². The molecule has 0 fully saturated rings. The van der Waals surface area contributed by atoms with Crippen molar-refractivity contribution in [2.75, 3.05) is 19.0 Å². The fraction of sp³-hybridized carbons (Fsp3) is 0.267. The van der Waals surface area contributed by atoms with Crippen LogP contribution in [0.15, 0.2) is 28.1 Å². The maximum Gasteiger partial charge on any atom is 0.262 e. The minimum absolute atomic E-state index is 0.0822. The Hall–Kier alpha value is -1.37. The molecule has 2 N–H and O–H groups in total. The average molecular weight is 367 g/mol. The highest BCUT2D eigenvalue weighted by Gasteiger charge is 2.20. The van der Waals surface area contributed by atoms with Crippen molar-refractivity contribution in [3.05, 3.63) is 44.1 Å². The van der Waals surface area contributed by atoms with Gasteiger partial charge in [0.25, 0.3) is 5.91 Å². The molecule has 2 aromatic rings. The molecule has 0 saturated carbocycles. The summed E-state index contributed by atoms with van der Waals surface area (Å²) in [5.74, 6) is 0.604. The highest BCUT2D eigenvalue weighted by Crippen LogP contribution is 2.37. The van der Waals surface area contributed by atoms with Crippen LogP contribution < -0.4 is 15.4 Å². The van der Waals surface area contributed by atoms with Crippen LogP contribution in [0.1, 0.15) is 22.0 Å². The van der Waals surface area contributed by atoms with Crippen LogP contribution >= 0.6 is 27.3 Å². The van der Waals surface area contributed by atoms with Crippen LogP contribution in [0.3, 0.4) is 0 Å². The van der Waals surface area contributed by atoms with E-state index in [2.05, 4.69) is 39.6 Å². The number of rotatable bonds is 3. The highest BCUT2D eigenvalue weighted by atomic mass is 79.9. The van der Waals surface area contributed by atoms with Crippen LogP contribution in [-0.2, 0) is 4.79 Å². The molecule has 1 aliphatic heterocycles. The number of aryl methyl sites for hydroxylation is 1. The monoisotopic (exact) mass is 366 g/mol. The summed E-state index contributed by atoms with van der Waals surface area (Å²) in [6.07, 6.45) is 0. The van der Waals surface area contributed by atoms with Gasteiger partial charge in [-0.2, -0.15) is 0 Å². The first-order chi connectivity index (χ1) is 10.1. The van der Waals surface area contributed by atoms with E-state index in [-0.39, 0.29) is 18.6 Å². The number of anilines is 1. The molecule has 0 radical (unpaired) electrons. The third-order valence-electron chi connectivity index (χ3n) is 3.42. The number of benzene rings is 1. The van der Waals surface area contributed by atoms with Crippen molar-refractivity contribution in [1.29, 1.82) is 0 Å². The standard InChI is InChI=1S/C15H15BrN2O2S/c1-8-5-12(21-15(8)16)14(17-2)9-3-4-11-10(6-9)18-13(19)7-20-11/h3-6,14,17H,7H2,1-2H3,(H,18,19). The normalized spacial score (nSPS) is 15.1. The molecule has 4 nitrogen and oxygen atoms in total. The zero-order valence-corrected chi connectivity index (χ0v) is 14.1. The molecule has 6 heteroatoms. The summed E-state index contributed by atoms with van der Waals surface area (Å²) in [4.78, 5) is 12.7. The molecule has 1 aliphatic rings. The van der Waals surface area contributed by atoms with Crippen LogP contribution in [0, 0.1) is 6.92 Å². The summed E-state index contributed by atoms with van der Waals surface area (Å²) >= 11 is 5.28. The second-order valence-corrected chi connectivity index (χ2v) is 7.32. The Morgan fingerprint density at radius 2 is 2.24 bits per heavy atom. The number of nitrogens with one attached hydrogen (secondary N) is 2. The van der Waals surface area contributed by atoms with Gasteiger partial charge in [-0.15, -0.1) is 11.3 Å². The number of hydrogen-bond donors (Lipinski definition) is 2. The Balaban J connectivity index is 1.97. The number of halogens is 1. The maximum absolute atomic E-state index is 11.4.